The quantitative estimate of drug-likeness (QED) is 0.442. The Kier molecular flexibility index (Phi) is 4.59. The lowest BCUT2D eigenvalue weighted by atomic mass is 9.99. The van der Waals surface area contributed by atoms with E-state index in [9.17, 15) is 14.7 Å². The van der Waals surface area contributed by atoms with Crippen LogP contribution < -0.4 is 9.64 Å². The van der Waals surface area contributed by atoms with Crippen molar-refractivity contribution in [2.24, 2.45) is 0 Å². The summed E-state index contributed by atoms with van der Waals surface area (Å²) in [6, 6.07) is 16.5. The van der Waals surface area contributed by atoms with E-state index in [1.807, 2.05) is 13.0 Å². The highest BCUT2D eigenvalue weighted by Gasteiger charge is 2.46. The van der Waals surface area contributed by atoms with E-state index in [0.29, 0.717) is 28.2 Å². The lowest BCUT2D eigenvalue weighted by Crippen LogP contribution is -2.30. The molecule has 1 atom stereocenters. The van der Waals surface area contributed by atoms with Crippen LogP contribution in [0.5, 0.6) is 5.75 Å². The number of para-hydroxylation sites is 1. The first-order valence-electron chi connectivity index (χ1n) is 9.97. The van der Waals surface area contributed by atoms with Crippen LogP contribution in [0.4, 0.5) is 5.69 Å². The maximum Gasteiger partial charge on any atom is 0.294 e. The lowest BCUT2D eigenvalue weighted by Gasteiger charge is -2.25. The highest BCUT2D eigenvalue weighted by atomic mass is 16.5. The Bertz CT molecular complexity index is 1380. The van der Waals surface area contributed by atoms with Gasteiger partial charge in [0, 0.05) is 11.1 Å². The van der Waals surface area contributed by atoms with Gasteiger partial charge in [0.1, 0.15) is 11.8 Å². The Labute approximate surface area is 183 Å². The smallest absolute Gasteiger partial charge is 0.294 e. The van der Waals surface area contributed by atoms with Crippen molar-refractivity contribution in [2.45, 2.75) is 13.0 Å². The number of aliphatic hydroxyl groups is 1. The summed E-state index contributed by atoms with van der Waals surface area (Å²) < 4.78 is 16.7. The van der Waals surface area contributed by atoms with E-state index in [-0.39, 0.29) is 11.3 Å². The number of ketones is 1. The molecule has 1 amide bonds. The van der Waals surface area contributed by atoms with Crippen molar-refractivity contribution in [1.29, 1.82) is 0 Å². The number of furan rings is 2. The van der Waals surface area contributed by atoms with Gasteiger partial charge in [-0.25, -0.2) is 0 Å². The number of rotatable bonds is 5. The van der Waals surface area contributed by atoms with Gasteiger partial charge in [-0.3, -0.25) is 14.5 Å². The second-order valence-corrected chi connectivity index (χ2v) is 7.51. The van der Waals surface area contributed by atoms with E-state index in [1.54, 1.807) is 54.6 Å². The third kappa shape index (κ3) is 2.98. The molecule has 2 aromatic heterocycles. The second-order valence-electron chi connectivity index (χ2n) is 7.51. The van der Waals surface area contributed by atoms with Crippen molar-refractivity contribution in [3.8, 4) is 5.75 Å². The minimum Gasteiger partial charge on any atom is -0.503 e. The Morgan fingerprint density at radius 3 is 2.62 bits per heavy atom. The fourth-order valence-electron chi connectivity index (χ4n) is 4.04. The number of aryl methyl sites for hydroxylation is 1. The van der Waals surface area contributed by atoms with Gasteiger partial charge < -0.3 is 18.7 Å². The maximum absolute atomic E-state index is 13.5. The number of Topliss-reactive ketones (excluding diaryl/α,β-unsaturated/α-hetero) is 1. The zero-order chi connectivity index (χ0) is 22.4. The Morgan fingerprint density at radius 2 is 1.91 bits per heavy atom. The van der Waals surface area contributed by atoms with Crippen LogP contribution in [0.25, 0.3) is 11.0 Å². The summed E-state index contributed by atoms with van der Waals surface area (Å²) in [6.45, 7) is 1.90. The molecule has 1 N–H and O–H groups in total. The Balaban J connectivity index is 1.65. The monoisotopic (exact) mass is 429 g/mol. The normalized spacial score (nSPS) is 16.2. The van der Waals surface area contributed by atoms with Crippen LogP contribution >= 0.6 is 0 Å². The van der Waals surface area contributed by atoms with E-state index in [0.717, 1.165) is 5.56 Å². The summed E-state index contributed by atoms with van der Waals surface area (Å²) in [6.07, 6.45) is 1.46. The minimum absolute atomic E-state index is 0.0125. The molecular weight excluding hydrogens is 410 g/mol. The summed E-state index contributed by atoms with van der Waals surface area (Å²) >= 11 is 0. The van der Waals surface area contributed by atoms with E-state index in [2.05, 4.69) is 0 Å². The number of fused-ring (bicyclic) bond motifs is 1. The number of amides is 1. The van der Waals surface area contributed by atoms with E-state index < -0.39 is 23.5 Å². The molecule has 1 aliphatic rings. The van der Waals surface area contributed by atoms with Crippen LogP contribution in [-0.4, -0.2) is 23.9 Å². The van der Waals surface area contributed by atoms with Gasteiger partial charge >= 0.3 is 0 Å². The molecule has 160 valence electrons. The molecule has 3 heterocycles. The van der Waals surface area contributed by atoms with Crippen molar-refractivity contribution in [3.63, 3.8) is 0 Å². The minimum atomic E-state index is -0.943. The predicted molar refractivity (Wildman–Crippen MR) is 117 cm³/mol. The van der Waals surface area contributed by atoms with Gasteiger partial charge in [-0.05, 0) is 48.9 Å². The largest absolute Gasteiger partial charge is 0.503 e. The molecule has 4 aromatic rings. The summed E-state index contributed by atoms with van der Waals surface area (Å²) in [5.41, 5.74) is 1.77. The zero-order valence-corrected chi connectivity index (χ0v) is 17.4. The fourth-order valence-corrected chi connectivity index (χ4v) is 4.04. The van der Waals surface area contributed by atoms with Crippen molar-refractivity contribution in [2.75, 3.05) is 12.0 Å². The number of hydrogen-bond donors (Lipinski definition) is 1. The van der Waals surface area contributed by atoms with Crippen molar-refractivity contribution in [3.05, 3.63) is 95.3 Å². The highest BCUT2D eigenvalue weighted by molar-refractivity contribution is 6.20. The van der Waals surface area contributed by atoms with Crippen LogP contribution in [0.3, 0.4) is 0 Å². The molecule has 0 saturated heterocycles. The Morgan fingerprint density at radius 1 is 1.09 bits per heavy atom. The third-order valence-corrected chi connectivity index (χ3v) is 5.50. The fraction of sp³-hybridized carbons (Fsp3) is 0.120. The van der Waals surface area contributed by atoms with Gasteiger partial charge in [0.15, 0.2) is 22.9 Å². The van der Waals surface area contributed by atoms with Gasteiger partial charge in [0.2, 0.25) is 5.78 Å². The summed E-state index contributed by atoms with van der Waals surface area (Å²) in [5.74, 6) is -1.11. The number of carbonyl (C=O) groups excluding carboxylic acids is 2. The second kappa shape index (κ2) is 7.46. The average Bonchev–Trinajstić information content (AvgIpc) is 3.52. The van der Waals surface area contributed by atoms with E-state index in [4.69, 9.17) is 13.6 Å². The SMILES string of the molecule is COc1cccc2cc(C(=O)C3=C(O)C(=O)N(c4cccc(C)c4)C3c3ccco3)oc12. The van der Waals surface area contributed by atoms with Crippen molar-refractivity contribution >= 4 is 28.3 Å². The molecular formula is C25H19NO6. The molecule has 2 aromatic carbocycles. The lowest BCUT2D eigenvalue weighted by molar-refractivity contribution is -0.117. The zero-order valence-electron chi connectivity index (χ0n) is 17.4. The molecule has 0 radical (unpaired) electrons. The van der Waals surface area contributed by atoms with Crippen LogP contribution in [0.2, 0.25) is 0 Å². The van der Waals surface area contributed by atoms with Gasteiger partial charge in [0.05, 0.1) is 18.9 Å². The number of anilines is 1. The predicted octanol–water partition coefficient (Wildman–Crippen LogP) is 5.13. The highest BCUT2D eigenvalue weighted by Crippen LogP contribution is 2.43. The molecule has 32 heavy (non-hydrogen) atoms. The summed E-state index contributed by atoms with van der Waals surface area (Å²) in [7, 11) is 1.51. The number of aliphatic hydroxyl groups excluding tert-OH is 1. The first-order valence-corrected chi connectivity index (χ1v) is 9.97. The maximum atomic E-state index is 13.5. The topological polar surface area (TPSA) is 93.1 Å². The number of methoxy groups -OCH3 is 1. The molecule has 1 aliphatic heterocycles. The standard InChI is InChI=1S/C25H19NO6/c1-14-6-3-8-16(12-14)26-21(17-10-5-11-31-17)20(23(28)25(26)29)22(27)19-13-15-7-4-9-18(30-2)24(15)32-19/h3-13,21,28H,1-2H3. The van der Waals surface area contributed by atoms with E-state index >= 15 is 0 Å². The number of carbonyl (C=O) groups is 2. The molecule has 7 nitrogen and oxygen atoms in total. The molecule has 0 saturated carbocycles. The first-order chi connectivity index (χ1) is 15.5. The molecule has 1 unspecified atom stereocenters. The molecule has 7 heteroatoms. The van der Waals surface area contributed by atoms with Gasteiger partial charge in [-0.2, -0.15) is 0 Å². The van der Waals surface area contributed by atoms with E-state index in [1.165, 1.54) is 18.3 Å². The van der Waals surface area contributed by atoms with Crippen molar-refractivity contribution < 1.29 is 28.3 Å². The molecule has 0 spiro atoms. The summed E-state index contributed by atoms with van der Waals surface area (Å²) in [5, 5.41) is 11.5. The molecule has 0 fully saturated rings. The molecule has 5 rings (SSSR count). The molecule has 0 aliphatic carbocycles. The summed E-state index contributed by atoms with van der Waals surface area (Å²) in [4.78, 5) is 28.0. The van der Waals surface area contributed by atoms with Crippen LogP contribution in [-0.2, 0) is 4.79 Å². The Hall–Kier alpha value is -4.26. The van der Waals surface area contributed by atoms with Crippen molar-refractivity contribution in [1.82, 2.24) is 0 Å². The average molecular weight is 429 g/mol. The van der Waals surface area contributed by atoms with Crippen LogP contribution in [0.15, 0.2) is 87.1 Å². The number of hydrogen-bond acceptors (Lipinski definition) is 6. The van der Waals surface area contributed by atoms with Gasteiger partial charge in [-0.1, -0.05) is 24.3 Å². The molecule has 0 bridgehead atoms. The first kappa shape index (κ1) is 19.7. The van der Waals surface area contributed by atoms with Crippen LogP contribution in [0, 0.1) is 6.92 Å². The van der Waals surface area contributed by atoms with Crippen LogP contribution in [0.1, 0.15) is 27.9 Å². The third-order valence-electron chi connectivity index (χ3n) is 5.50. The number of nitrogens with zero attached hydrogens (tertiary/aromatic N) is 1. The van der Waals surface area contributed by atoms with Gasteiger partial charge in [-0.15, -0.1) is 0 Å². The number of ether oxygens (including phenoxy) is 1. The number of benzene rings is 2. The van der Waals surface area contributed by atoms with Gasteiger partial charge in [0.25, 0.3) is 5.91 Å².